The van der Waals surface area contributed by atoms with Gasteiger partial charge >= 0.3 is 0 Å². The van der Waals surface area contributed by atoms with Crippen molar-refractivity contribution in [3.8, 4) is 5.75 Å². The first-order valence-electron chi connectivity index (χ1n) is 7.34. The van der Waals surface area contributed by atoms with Crippen molar-refractivity contribution in [3.05, 3.63) is 59.7 Å². The van der Waals surface area contributed by atoms with Crippen LogP contribution in [0, 0.1) is 0 Å². The third kappa shape index (κ3) is 5.06. The SMILES string of the molecule is CCOCc1ccc(CNS(=O)(=O)c2ccc(OC)cc2)cc1. The molecule has 0 aliphatic heterocycles. The van der Waals surface area contributed by atoms with Crippen LogP contribution in [0.1, 0.15) is 18.1 Å². The van der Waals surface area contributed by atoms with E-state index in [0.717, 1.165) is 11.1 Å². The van der Waals surface area contributed by atoms with Crippen LogP contribution in [0.15, 0.2) is 53.4 Å². The van der Waals surface area contributed by atoms with Gasteiger partial charge in [-0.2, -0.15) is 0 Å². The molecule has 0 atom stereocenters. The van der Waals surface area contributed by atoms with E-state index in [1.165, 1.54) is 19.2 Å². The van der Waals surface area contributed by atoms with Crippen LogP contribution in [0.5, 0.6) is 5.75 Å². The lowest BCUT2D eigenvalue weighted by molar-refractivity contribution is 0.134. The summed E-state index contributed by atoms with van der Waals surface area (Å²) in [6, 6.07) is 13.9. The van der Waals surface area contributed by atoms with E-state index in [4.69, 9.17) is 9.47 Å². The van der Waals surface area contributed by atoms with Crippen LogP contribution in [0.2, 0.25) is 0 Å². The summed E-state index contributed by atoms with van der Waals surface area (Å²) in [5.74, 6) is 0.619. The molecule has 0 aliphatic carbocycles. The average molecular weight is 335 g/mol. The number of nitrogens with one attached hydrogen (secondary N) is 1. The molecule has 0 saturated carbocycles. The zero-order chi connectivity index (χ0) is 16.7. The Morgan fingerprint density at radius 2 is 1.57 bits per heavy atom. The first-order valence-corrected chi connectivity index (χ1v) is 8.82. The Hall–Kier alpha value is -1.89. The van der Waals surface area contributed by atoms with Crippen molar-refractivity contribution in [2.24, 2.45) is 0 Å². The fourth-order valence-electron chi connectivity index (χ4n) is 1.99. The monoisotopic (exact) mass is 335 g/mol. The predicted molar refractivity (Wildman–Crippen MR) is 88.8 cm³/mol. The molecule has 0 aliphatic rings. The van der Waals surface area contributed by atoms with Gasteiger partial charge in [0.1, 0.15) is 5.75 Å². The fourth-order valence-corrected chi connectivity index (χ4v) is 3.01. The first-order chi connectivity index (χ1) is 11.0. The van der Waals surface area contributed by atoms with Crippen LogP contribution < -0.4 is 9.46 Å². The summed E-state index contributed by atoms with van der Waals surface area (Å²) in [5.41, 5.74) is 1.95. The molecular formula is C17H21NO4S. The van der Waals surface area contributed by atoms with Crippen molar-refractivity contribution < 1.29 is 17.9 Å². The lowest BCUT2D eigenvalue weighted by Crippen LogP contribution is -2.23. The van der Waals surface area contributed by atoms with Crippen molar-refractivity contribution in [2.45, 2.75) is 25.0 Å². The highest BCUT2D eigenvalue weighted by molar-refractivity contribution is 7.89. The molecule has 0 fully saturated rings. The van der Waals surface area contributed by atoms with Crippen LogP contribution >= 0.6 is 0 Å². The van der Waals surface area contributed by atoms with Gasteiger partial charge in [0.2, 0.25) is 10.0 Å². The number of sulfonamides is 1. The van der Waals surface area contributed by atoms with E-state index in [-0.39, 0.29) is 11.4 Å². The molecule has 2 rings (SSSR count). The highest BCUT2D eigenvalue weighted by atomic mass is 32.2. The molecule has 0 saturated heterocycles. The van der Waals surface area contributed by atoms with Gasteiger partial charge in [-0.05, 0) is 42.3 Å². The Morgan fingerprint density at radius 1 is 0.957 bits per heavy atom. The quantitative estimate of drug-likeness (QED) is 0.805. The van der Waals surface area contributed by atoms with Crippen molar-refractivity contribution in [3.63, 3.8) is 0 Å². The van der Waals surface area contributed by atoms with E-state index in [2.05, 4.69) is 4.72 Å². The first kappa shape index (κ1) is 17.5. The number of rotatable bonds is 8. The van der Waals surface area contributed by atoms with Gasteiger partial charge in [0, 0.05) is 13.2 Å². The molecule has 124 valence electrons. The molecule has 0 heterocycles. The number of ether oxygens (including phenoxy) is 2. The van der Waals surface area contributed by atoms with Crippen molar-refractivity contribution >= 4 is 10.0 Å². The average Bonchev–Trinajstić information content (AvgIpc) is 2.59. The maximum absolute atomic E-state index is 12.2. The maximum atomic E-state index is 12.2. The molecule has 5 nitrogen and oxygen atoms in total. The van der Waals surface area contributed by atoms with E-state index < -0.39 is 10.0 Å². The van der Waals surface area contributed by atoms with Gasteiger partial charge in [0.25, 0.3) is 0 Å². The molecule has 0 amide bonds. The van der Waals surface area contributed by atoms with Gasteiger partial charge in [-0.25, -0.2) is 13.1 Å². The van der Waals surface area contributed by atoms with Crippen LogP contribution in [-0.2, 0) is 27.9 Å². The summed E-state index contributed by atoms with van der Waals surface area (Å²) in [6.07, 6.45) is 0. The molecule has 0 unspecified atom stereocenters. The van der Waals surface area contributed by atoms with E-state index in [9.17, 15) is 8.42 Å². The molecule has 0 spiro atoms. The Kier molecular flexibility index (Phi) is 6.15. The van der Waals surface area contributed by atoms with E-state index in [1.807, 2.05) is 31.2 Å². The minimum atomic E-state index is -3.54. The Morgan fingerprint density at radius 3 is 2.13 bits per heavy atom. The topological polar surface area (TPSA) is 64.6 Å². The van der Waals surface area contributed by atoms with Crippen LogP contribution in [0.3, 0.4) is 0 Å². The van der Waals surface area contributed by atoms with E-state index in [1.54, 1.807) is 12.1 Å². The lowest BCUT2D eigenvalue weighted by atomic mass is 10.1. The summed E-state index contributed by atoms with van der Waals surface area (Å²) < 4.78 is 37.4. The molecule has 0 aromatic heterocycles. The van der Waals surface area contributed by atoms with Gasteiger partial charge in [-0.3, -0.25) is 0 Å². The van der Waals surface area contributed by atoms with Crippen molar-refractivity contribution in [1.82, 2.24) is 4.72 Å². The third-order valence-corrected chi connectivity index (χ3v) is 4.75. The van der Waals surface area contributed by atoms with Crippen molar-refractivity contribution in [1.29, 1.82) is 0 Å². The zero-order valence-electron chi connectivity index (χ0n) is 13.3. The number of hydrogen-bond donors (Lipinski definition) is 1. The maximum Gasteiger partial charge on any atom is 0.240 e. The molecule has 2 aromatic carbocycles. The lowest BCUT2D eigenvalue weighted by Gasteiger charge is -2.08. The highest BCUT2D eigenvalue weighted by Gasteiger charge is 2.13. The largest absolute Gasteiger partial charge is 0.497 e. The normalized spacial score (nSPS) is 11.4. The highest BCUT2D eigenvalue weighted by Crippen LogP contribution is 2.15. The minimum Gasteiger partial charge on any atom is -0.497 e. The molecule has 23 heavy (non-hydrogen) atoms. The Balaban J connectivity index is 1.98. The second-order valence-corrected chi connectivity index (χ2v) is 6.72. The molecule has 0 radical (unpaired) electrons. The van der Waals surface area contributed by atoms with Gasteiger partial charge in [-0.15, -0.1) is 0 Å². The molecule has 2 aromatic rings. The number of methoxy groups -OCH3 is 1. The Labute approximate surface area is 137 Å². The van der Waals surface area contributed by atoms with Gasteiger partial charge in [0.05, 0.1) is 18.6 Å². The van der Waals surface area contributed by atoms with Crippen molar-refractivity contribution in [2.75, 3.05) is 13.7 Å². The standard InChI is InChI=1S/C17H21NO4S/c1-3-22-13-15-6-4-14(5-7-15)12-18-23(19,20)17-10-8-16(21-2)9-11-17/h4-11,18H,3,12-13H2,1-2H3. The van der Waals surface area contributed by atoms with Gasteiger partial charge < -0.3 is 9.47 Å². The van der Waals surface area contributed by atoms with Gasteiger partial charge in [0.15, 0.2) is 0 Å². The summed E-state index contributed by atoms with van der Waals surface area (Å²) in [5, 5.41) is 0. The second kappa shape index (κ2) is 8.10. The second-order valence-electron chi connectivity index (χ2n) is 4.95. The summed E-state index contributed by atoms with van der Waals surface area (Å²) in [7, 11) is -2.00. The van der Waals surface area contributed by atoms with Crippen LogP contribution in [-0.4, -0.2) is 22.1 Å². The predicted octanol–water partition coefficient (Wildman–Crippen LogP) is 2.71. The van der Waals surface area contributed by atoms with E-state index in [0.29, 0.717) is 19.0 Å². The van der Waals surface area contributed by atoms with E-state index >= 15 is 0 Å². The Bertz CT molecular complexity index is 709. The fraction of sp³-hybridized carbons (Fsp3) is 0.294. The summed E-state index contributed by atoms with van der Waals surface area (Å²) >= 11 is 0. The molecule has 0 bridgehead atoms. The van der Waals surface area contributed by atoms with Crippen LogP contribution in [0.4, 0.5) is 0 Å². The third-order valence-electron chi connectivity index (χ3n) is 3.33. The van der Waals surface area contributed by atoms with Crippen LogP contribution in [0.25, 0.3) is 0 Å². The smallest absolute Gasteiger partial charge is 0.240 e. The number of hydrogen-bond acceptors (Lipinski definition) is 4. The summed E-state index contributed by atoms with van der Waals surface area (Å²) in [6.45, 7) is 3.42. The minimum absolute atomic E-state index is 0.214. The number of benzene rings is 2. The molecular weight excluding hydrogens is 314 g/mol. The molecule has 6 heteroatoms. The zero-order valence-corrected chi connectivity index (χ0v) is 14.1. The summed E-state index contributed by atoms with van der Waals surface area (Å²) in [4.78, 5) is 0.214. The van der Waals surface area contributed by atoms with Gasteiger partial charge in [-0.1, -0.05) is 24.3 Å². The molecule has 1 N–H and O–H groups in total.